The zero-order valence-electron chi connectivity index (χ0n) is 8.58. The van der Waals surface area contributed by atoms with Crippen molar-refractivity contribution in [1.82, 2.24) is 0 Å². The van der Waals surface area contributed by atoms with E-state index in [9.17, 15) is 4.79 Å². The van der Waals surface area contributed by atoms with Crippen LogP contribution in [0.15, 0.2) is 0 Å². The van der Waals surface area contributed by atoms with E-state index < -0.39 is 6.04 Å². The van der Waals surface area contributed by atoms with E-state index in [2.05, 4.69) is 5.73 Å². The van der Waals surface area contributed by atoms with Crippen LogP contribution in [0.5, 0.6) is 0 Å². The highest BCUT2D eigenvalue weighted by molar-refractivity contribution is 5.75. The molecule has 0 amide bonds. The zero-order valence-corrected chi connectivity index (χ0v) is 8.58. The number of carbonyl (C=O) groups excluding carboxylic acids is 1. The molecule has 0 fully saturated rings. The number of rotatable bonds is 6. The molecule has 1 unspecified atom stereocenters. The van der Waals surface area contributed by atoms with Crippen molar-refractivity contribution in [2.24, 2.45) is 5.73 Å². The normalized spacial score (nSPS) is 13.0. The summed E-state index contributed by atoms with van der Waals surface area (Å²) in [4.78, 5) is 11.2. The molecule has 4 heteroatoms. The molecule has 0 aliphatic heterocycles. The van der Waals surface area contributed by atoms with E-state index >= 15 is 0 Å². The van der Waals surface area contributed by atoms with E-state index in [-0.39, 0.29) is 12.1 Å². The maximum atomic E-state index is 11.2. The van der Waals surface area contributed by atoms with Gasteiger partial charge in [0.1, 0.15) is 6.04 Å². The average molecular weight is 189 g/mol. The number of ether oxygens (including phenoxy) is 1. The van der Waals surface area contributed by atoms with E-state index in [1.54, 1.807) is 0 Å². The fourth-order valence-electron chi connectivity index (χ4n) is 0.979. The monoisotopic (exact) mass is 189 g/mol. The Morgan fingerprint density at radius 2 is 2.08 bits per heavy atom. The van der Waals surface area contributed by atoms with Crippen LogP contribution in [-0.2, 0) is 9.53 Å². The van der Waals surface area contributed by atoms with Crippen LogP contribution < -0.4 is 11.5 Å². The summed E-state index contributed by atoms with van der Waals surface area (Å²) < 4.78 is 4.96. The third-order valence-electron chi connectivity index (χ3n) is 1.67. The van der Waals surface area contributed by atoms with Crippen LogP contribution in [-0.4, -0.2) is 24.7 Å². The van der Waals surface area contributed by atoms with Gasteiger partial charge in [-0.3, -0.25) is 4.79 Å². The zero-order chi connectivity index (χ0) is 10.3. The Morgan fingerprint density at radius 1 is 1.46 bits per heavy atom. The van der Waals surface area contributed by atoms with Crippen LogP contribution in [0.25, 0.3) is 0 Å². The summed E-state index contributed by atoms with van der Waals surface area (Å²) in [6.07, 6.45) is 2.58. The largest absolute Gasteiger partial charge is 0.462 e. The fraction of sp³-hybridized carbons (Fsp3) is 0.889. The smallest absolute Gasteiger partial charge is 0.323 e. The number of quaternary nitrogens is 1. The number of unbranched alkanes of at least 4 members (excludes halogenated alkanes) is 1. The molecule has 0 bridgehead atoms. The van der Waals surface area contributed by atoms with Crippen molar-refractivity contribution in [3.63, 3.8) is 0 Å². The van der Waals surface area contributed by atoms with Crippen molar-refractivity contribution >= 4 is 5.97 Å². The molecule has 0 radical (unpaired) electrons. The highest BCUT2D eigenvalue weighted by atomic mass is 16.5. The summed E-state index contributed by atoms with van der Waals surface area (Å²) in [7, 11) is 0. The second-order valence-corrected chi connectivity index (χ2v) is 3.44. The predicted octanol–water partition coefficient (Wildman–Crippen LogP) is -0.322. The van der Waals surface area contributed by atoms with Crippen molar-refractivity contribution in [1.29, 1.82) is 0 Å². The van der Waals surface area contributed by atoms with Gasteiger partial charge in [0, 0.05) is 0 Å². The summed E-state index contributed by atoms with van der Waals surface area (Å²) in [5.41, 5.74) is 9.33. The van der Waals surface area contributed by atoms with Gasteiger partial charge >= 0.3 is 5.97 Å². The quantitative estimate of drug-likeness (QED) is 0.444. The minimum Gasteiger partial charge on any atom is -0.462 e. The molecule has 0 spiro atoms. The van der Waals surface area contributed by atoms with Gasteiger partial charge in [0.2, 0.25) is 0 Å². The maximum Gasteiger partial charge on any atom is 0.323 e. The summed E-state index contributed by atoms with van der Waals surface area (Å²) in [6.45, 7) is 4.53. The molecular weight excluding hydrogens is 168 g/mol. The number of hydrogen-bond donors (Lipinski definition) is 2. The molecule has 78 valence electrons. The number of hydrogen-bond acceptors (Lipinski definition) is 3. The van der Waals surface area contributed by atoms with Gasteiger partial charge in [-0.25, -0.2) is 0 Å². The minimum absolute atomic E-state index is 0.0774. The topological polar surface area (TPSA) is 80.0 Å². The Balaban J connectivity index is 3.57. The van der Waals surface area contributed by atoms with E-state index in [1.807, 2.05) is 13.8 Å². The Bertz CT molecular complexity index is 149. The molecule has 0 aromatic carbocycles. The lowest BCUT2D eigenvalue weighted by atomic mass is 10.1. The van der Waals surface area contributed by atoms with Gasteiger partial charge in [0.05, 0.1) is 12.6 Å². The number of esters is 1. The first-order valence-electron chi connectivity index (χ1n) is 4.83. The minimum atomic E-state index is -0.464. The van der Waals surface area contributed by atoms with E-state index in [1.165, 1.54) is 0 Å². The second-order valence-electron chi connectivity index (χ2n) is 3.44. The van der Waals surface area contributed by atoms with Gasteiger partial charge in [-0.1, -0.05) is 0 Å². The van der Waals surface area contributed by atoms with Gasteiger partial charge in [-0.2, -0.15) is 0 Å². The first kappa shape index (κ1) is 12.4. The summed E-state index contributed by atoms with van der Waals surface area (Å²) >= 11 is 0. The number of nitrogens with two attached hydrogens (primary N) is 1. The molecule has 0 aromatic rings. The van der Waals surface area contributed by atoms with Crippen LogP contribution in [0.4, 0.5) is 0 Å². The van der Waals surface area contributed by atoms with E-state index in [0.29, 0.717) is 6.42 Å². The van der Waals surface area contributed by atoms with Crippen molar-refractivity contribution in [2.75, 3.05) is 6.54 Å². The highest BCUT2D eigenvalue weighted by Gasteiger charge is 2.15. The van der Waals surface area contributed by atoms with Gasteiger partial charge in [-0.05, 0) is 33.1 Å². The van der Waals surface area contributed by atoms with Crippen molar-refractivity contribution in [3.05, 3.63) is 0 Å². The molecule has 1 atom stereocenters. The third kappa shape index (κ3) is 6.54. The lowest BCUT2D eigenvalue weighted by Gasteiger charge is -2.13. The highest BCUT2D eigenvalue weighted by Crippen LogP contribution is 2.01. The first-order chi connectivity index (χ1) is 6.07. The molecule has 0 aliphatic rings. The molecule has 0 rings (SSSR count). The summed E-state index contributed by atoms with van der Waals surface area (Å²) in [6, 6.07) is -0.464. The molecule has 0 saturated heterocycles. The Labute approximate surface area is 79.6 Å². The molecule has 13 heavy (non-hydrogen) atoms. The van der Waals surface area contributed by atoms with Crippen LogP contribution in [0.3, 0.4) is 0 Å². The first-order valence-corrected chi connectivity index (χ1v) is 4.83. The van der Waals surface area contributed by atoms with Crippen molar-refractivity contribution < 1.29 is 15.3 Å². The molecule has 4 nitrogen and oxygen atoms in total. The summed E-state index contributed by atoms with van der Waals surface area (Å²) in [5.74, 6) is -0.293. The van der Waals surface area contributed by atoms with Crippen molar-refractivity contribution in [3.8, 4) is 0 Å². The lowest BCUT2D eigenvalue weighted by molar-refractivity contribution is -0.368. The number of carbonyl (C=O) groups is 1. The summed E-state index contributed by atoms with van der Waals surface area (Å²) in [5, 5.41) is 0. The van der Waals surface area contributed by atoms with Crippen LogP contribution in [0.2, 0.25) is 0 Å². The molecule has 5 N–H and O–H groups in total. The van der Waals surface area contributed by atoms with Gasteiger partial charge in [0.25, 0.3) is 0 Å². The van der Waals surface area contributed by atoms with E-state index in [4.69, 9.17) is 10.5 Å². The van der Waals surface area contributed by atoms with E-state index in [0.717, 1.165) is 19.4 Å². The SMILES string of the molecule is CC(C)OC(=O)C(N)CCCC[NH3+]. The Morgan fingerprint density at radius 3 is 2.54 bits per heavy atom. The van der Waals surface area contributed by atoms with Crippen LogP contribution >= 0.6 is 0 Å². The van der Waals surface area contributed by atoms with Crippen LogP contribution in [0, 0.1) is 0 Å². The lowest BCUT2D eigenvalue weighted by Crippen LogP contribution is -2.50. The predicted molar refractivity (Wildman–Crippen MR) is 50.8 cm³/mol. The van der Waals surface area contributed by atoms with Gasteiger partial charge in [0.15, 0.2) is 0 Å². The average Bonchev–Trinajstić information content (AvgIpc) is 2.03. The molecule has 0 aliphatic carbocycles. The van der Waals surface area contributed by atoms with Gasteiger partial charge < -0.3 is 16.2 Å². The molecule has 0 saturated carbocycles. The third-order valence-corrected chi connectivity index (χ3v) is 1.67. The van der Waals surface area contributed by atoms with Crippen LogP contribution in [0.1, 0.15) is 33.1 Å². The van der Waals surface area contributed by atoms with Crippen molar-refractivity contribution in [2.45, 2.75) is 45.3 Å². The van der Waals surface area contributed by atoms with Gasteiger partial charge in [-0.15, -0.1) is 0 Å². The molecule has 0 heterocycles. The molecular formula is C9H21N2O2+. The maximum absolute atomic E-state index is 11.2. The molecule has 0 aromatic heterocycles. The second kappa shape index (κ2) is 6.86. The Hall–Kier alpha value is -0.610. The standard InChI is InChI=1S/C9H20N2O2/c1-7(2)13-9(12)8(11)5-3-4-6-10/h7-8H,3-6,10-11H2,1-2H3/p+1. The Kier molecular flexibility index (Phi) is 6.54. The fourth-order valence-corrected chi connectivity index (χ4v) is 0.979.